The van der Waals surface area contributed by atoms with Crippen LogP contribution in [-0.2, 0) is 4.79 Å². The summed E-state index contributed by atoms with van der Waals surface area (Å²) in [5.74, 6) is 0.961. The molecule has 2 heterocycles. The molecule has 1 aliphatic carbocycles. The number of carbonyl (C=O) groups is 1. The van der Waals surface area contributed by atoms with Crippen LogP contribution in [0.1, 0.15) is 29.1 Å². The molecule has 0 aromatic carbocycles. The molecule has 2 aromatic rings. The molecule has 0 spiro atoms. The van der Waals surface area contributed by atoms with Gasteiger partial charge in [0.1, 0.15) is 11.9 Å². The van der Waals surface area contributed by atoms with Gasteiger partial charge in [0.2, 0.25) is 5.91 Å². The van der Waals surface area contributed by atoms with Crippen LogP contribution in [0.25, 0.3) is 0 Å². The first kappa shape index (κ1) is 13.7. The molecule has 2 aromatic heterocycles. The van der Waals surface area contributed by atoms with Crippen molar-refractivity contribution in [2.45, 2.75) is 18.4 Å². The summed E-state index contributed by atoms with van der Waals surface area (Å²) in [5, 5.41) is 12.7. The van der Waals surface area contributed by atoms with Gasteiger partial charge in [-0.25, -0.2) is 0 Å². The number of carbonyl (C=O) groups excluding carboxylic acids is 1. The third-order valence-corrected chi connectivity index (χ3v) is 4.76. The van der Waals surface area contributed by atoms with Crippen LogP contribution in [0.5, 0.6) is 0 Å². The molecular formula is C14H14ClNO3S. The molecule has 3 atom stereocenters. The summed E-state index contributed by atoms with van der Waals surface area (Å²) >= 11 is 7.13. The Morgan fingerprint density at radius 1 is 1.55 bits per heavy atom. The van der Waals surface area contributed by atoms with Crippen molar-refractivity contribution in [3.8, 4) is 0 Å². The number of amides is 1. The quantitative estimate of drug-likeness (QED) is 0.892. The summed E-state index contributed by atoms with van der Waals surface area (Å²) in [6, 6.07) is 7.22. The van der Waals surface area contributed by atoms with Gasteiger partial charge < -0.3 is 14.8 Å². The molecule has 0 unspecified atom stereocenters. The largest absolute Gasteiger partial charge is 0.469 e. The van der Waals surface area contributed by atoms with Crippen molar-refractivity contribution < 1.29 is 14.3 Å². The second-order valence-electron chi connectivity index (χ2n) is 4.87. The van der Waals surface area contributed by atoms with Crippen LogP contribution in [0.4, 0.5) is 0 Å². The van der Waals surface area contributed by atoms with Gasteiger partial charge in [0.25, 0.3) is 0 Å². The van der Waals surface area contributed by atoms with E-state index in [-0.39, 0.29) is 24.3 Å². The Kier molecular flexibility index (Phi) is 3.83. The Bertz CT molecular complexity index is 595. The number of halogens is 1. The van der Waals surface area contributed by atoms with Gasteiger partial charge in [-0.15, -0.1) is 11.3 Å². The lowest BCUT2D eigenvalue weighted by Gasteiger charge is -2.09. The van der Waals surface area contributed by atoms with Gasteiger partial charge in [0, 0.05) is 23.3 Å². The fourth-order valence-corrected chi connectivity index (χ4v) is 3.28. The average molecular weight is 312 g/mol. The Morgan fingerprint density at radius 2 is 2.40 bits per heavy atom. The predicted molar refractivity (Wildman–Crippen MR) is 76.9 cm³/mol. The van der Waals surface area contributed by atoms with Crippen molar-refractivity contribution >= 4 is 28.8 Å². The summed E-state index contributed by atoms with van der Waals surface area (Å²) < 4.78 is 5.92. The van der Waals surface area contributed by atoms with E-state index in [9.17, 15) is 9.90 Å². The molecule has 4 nitrogen and oxygen atoms in total. The maximum Gasteiger partial charge on any atom is 0.223 e. The van der Waals surface area contributed by atoms with E-state index in [0.717, 1.165) is 17.1 Å². The lowest BCUT2D eigenvalue weighted by molar-refractivity contribution is -0.122. The van der Waals surface area contributed by atoms with Gasteiger partial charge in [0.05, 0.1) is 10.6 Å². The third kappa shape index (κ3) is 2.90. The zero-order chi connectivity index (χ0) is 14.1. The first-order valence-corrected chi connectivity index (χ1v) is 7.59. The first-order valence-electron chi connectivity index (χ1n) is 6.39. The summed E-state index contributed by atoms with van der Waals surface area (Å²) in [6.45, 7) is 0.205. The zero-order valence-electron chi connectivity index (χ0n) is 10.6. The fourth-order valence-electron chi connectivity index (χ4n) is 2.24. The van der Waals surface area contributed by atoms with Gasteiger partial charge in [-0.1, -0.05) is 11.6 Å². The van der Waals surface area contributed by atoms with E-state index in [4.69, 9.17) is 16.0 Å². The lowest BCUT2D eigenvalue weighted by atomic mass is 10.2. The van der Waals surface area contributed by atoms with Gasteiger partial charge in [-0.3, -0.25) is 4.79 Å². The number of nitrogens with one attached hydrogen (secondary N) is 1. The maximum atomic E-state index is 12.0. The molecule has 20 heavy (non-hydrogen) atoms. The molecule has 1 aliphatic rings. The van der Waals surface area contributed by atoms with Crippen molar-refractivity contribution in [2.75, 3.05) is 6.54 Å². The van der Waals surface area contributed by atoms with Crippen molar-refractivity contribution in [3.63, 3.8) is 0 Å². The smallest absolute Gasteiger partial charge is 0.223 e. The van der Waals surface area contributed by atoms with Crippen LogP contribution in [0, 0.1) is 5.92 Å². The third-order valence-electron chi connectivity index (χ3n) is 3.43. The molecule has 0 bridgehead atoms. The number of rotatable bonds is 5. The molecule has 3 rings (SSSR count). The van der Waals surface area contributed by atoms with Crippen molar-refractivity contribution in [1.82, 2.24) is 5.32 Å². The number of hydrogen-bond acceptors (Lipinski definition) is 4. The molecule has 0 aliphatic heterocycles. The molecule has 0 radical (unpaired) electrons. The second-order valence-corrected chi connectivity index (χ2v) is 6.61. The Hall–Kier alpha value is -1.30. The molecule has 106 valence electrons. The van der Waals surface area contributed by atoms with E-state index >= 15 is 0 Å². The van der Waals surface area contributed by atoms with E-state index in [1.54, 1.807) is 18.4 Å². The molecule has 0 saturated heterocycles. The Labute approximate surface area is 125 Å². The second kappa shape index (κ2) is 5.60. The molecule has 1 saturated carbocycles. The van der Waals surface area contributed by atoms with Crippen LogP contribution in [0.15, 0.2) is 34.9 Å². The number of aliphatic hydroxyl groups is 1. The number of hydrogen-bond donors (Lipinski definition) is 2. The van der Waals surface area contributed by atoms with Crippen LogP contribution in [-0.4, -0.2) is 17.6 Å². The zero-order valence-corrected chi connectivity index (χ0v) is 12.2. The summed E-state index contributed by atoms with van der Waals surface area (Å²) in [5.41, 5.74) is 0. The monoisotopic (exact) mass is 311 g/mol. The number of aliphatic hydroxyl groups excluding tert-OH is 1. The lowest BCUT2D eigenvalue weighted by Crippen LogP contribution is -2.29. The summed E-state index contributed by atoms with van der Waals surface area (Å²) in [4.78, 5) is 12.7. The minimum atomic E-state index is -0.711. The standard InChI is InChI=1S/C14H14ClNO3S/c15-13-4-3-12(20-13)10(17)7-16-14(18)9-6-8(9)11-2-1-5-19-11/h1-5,8-10,17H,6-7H2,(H,16,18)/t8-,9+,10-/m0/s1. The topological polar surface area (TPSA) is 62.5 Å². The van der Waals surface area contributed by atoms with E-state index in [1.165, 1.54) is 11.3 Å². The van der Waals surface area contributed by atoms with Crippen LogP contribution < -0.4 is 5.32 Å². The average Bonchev–Trinajstić information content (AvgIpc) is 2.87. The summed E-state index contributed by atoms with van der Waals surface area (Å²) in [6.07, 6.45) is 1.71. The van der Waals surface area contributed by atoms with E-state index in [1.807, 2.05) is 12.1 Å². The minimum Gasteiger partial charge on any atom is -0.469 e. The van der Waals surface area contributed by atoms with Crippen LogP contribution in [0.2, 0.25) is 4.34 Å². The number of furan rings is 1. The fraction of sp³-hybridized carbons (Fsp3) is 0.357. The van der Waals surface area contributed by atoms with E-state index < -0.39 is 6.10 Å². The molecule has 6 heteroatoms. The minimum absolute atomic E-state index is 0.0342. The van der Waals surface area contributed by atoms with Crippen molar-refractivity contribution in [1.29, 1.82) is 0 Å². The van der Waals surface area contributed by atoms with Gasteiger partial charge in [0.15, 0.2) is 0 Å². The SMILES string of the molecule is O=C(NC[C@H](O)c1ccc(Cl)s1)[C@@H]1C[C@@H]1c1ccco1. The van der Waals surface area contributed by atoms with Gasteiger partial charge in [-0.05, 0) is 30.7 Å². The molecule has 1 fully saturated rings. The highest BCUT2D eigenvalue weighted by Crippen LogP contribution is 2.47. The highest BCUT2D eigenvalue weighted by molar-refractivity contribution is 7.16. The normalized spacial score (nSPS) is 22.5. The maximum absolute atomic E-state index is 12.0. The van der Waals surface area contributed by atoms with Crippen LogP contribution in [0.3, 0.4) is 0 Å². The Morgan fingerprint density at radius 3 is 3.05 bits per heavy atom. The summed E-state index contributed by atoms with van der Waals surface area (Å²) in [7, 11) is 0. The van der Waals surface area contributed by atoms with E-state index in [0.29, 0.717) is 4.34 Å². The molecule has 2 N–H and O–H groups in total. The molecule has 1 amide bonds. The first-order chi connectivity index (χ1) is 9.65. The number of thiophene rings is 1. The van der Waals surface area contributed by atoms with E-state index in [2.05, 4.69) is 5.32 Å². The highest BCUT2D eigenvalue weighted by Gasteiger charge is 2.45. The van der Waals surface area contributed by atoms with Crippen molar-refractivity contribution in [2.24, 2.45) is 5.92 Å². The highest BCUT2D eigenvalue weighted by atomic mass is 35.5. The predicted octanol–water partition coefficient (Wildman–Crippen LogP) is 2.95. The van der Waals surface area contributed by atoms with Gasteiger partial charge >= 0.3 is 0 Å². The molecular weight excluding hydrogens is 298 g/mol. The van der Waals surface area contributed by atoms with Crippen LogP contribution >= 0.6 is 22.9 Å². The van der Waals surface area contributed by atoms with Crippen molar-refractivity contribution in [3.05, 3.63) is 45.5 Å². The van der Waals surface area contributed by atoms with Gasteiger partial charge in [-0.2, -0.15) is 0 Å². The Balaban J connectivity index is 1.49.